The molecule has 3 rings (SSSR count). The molecule has 2 aromatic rings. The Balaban J connectivity index is 1.79. The number of nitrogens with zero attached hydrogens (tertiary/aromatic N) is 1. The normalized spacial score (nSPS) is 15.0. The number of carbonyl (C=O) groups is 1. The number of aliphatic hydroxyl groups is 1. The molecule has 1 atom stereocenters. The standard InChI is InChI=1S/C19H22N2O2/c1-14(13-22)20-19(23)16-8-10-17(11-9-16)21-12-4-6-15-5-2-3-7-18(15)21/h2-3,5,7-11,14,22H,4,6,12-13H2,1H3,(H,20,23). The predicted molar refractivity (Wildman–Crippen MR) is 92.2 cm³/mol. The fraction of sp³-hybridized carbons (Fsp3) is 0.316. The minimum absolute atomic E-state index is 0.0611. The number of anilines is 2. The van der Waals surface area contributed by atoms with E-state index in [9.17, 15) is 4.79 Å². The third-order valence-electron chi connectivity index (χ3n) is 4.20. The predicted octanol–water partition coefficient (Wildman–Crippen LogP) is 2.88. The Kier molecular flexibility index (Phi) is 4.63. The number of para-hydroxylation sites is 1. The monoisotopic (exact) mass is 310 g/mol. The van der Waals surface area contributed by atoms with Gasteiger partial charge in [-0.25, -0.2) is 0 Å². The van der Waals surface area contributed by atoms with Gasteiger partial charge in [-0.3, -0.25) is 4.79 Å². The van der Waals surface area contributed by atoms with Crippen LogP contribution in [0.1, 0.15) is 29.3 Å². The molecule has 0 spiro atoms. The Bertz CT molecular complexity index is 682. The first-order valence-electron chi connectivity index (χ1n) is 8.06. The molecule has 0 aliphatic carbocycles. The van der Waals surface area contributed by atoms with Crippen molar-refractivity contribution in [2.45, 2.75) is 25.8 Å². The fourth-order valence-electron chi connectivity index (χ4n) is 2.95. The van der Waals surface area contributed by atoms with E-state index >= 15 is 0 Å². The molecule has 23 heavy (non-hydrogen) atoms. The maximum atomic E-state index is 12.1. The number of aliphatic hydroxyl groups excluding tert-OH is 1. The maximum Gasteiger partial charge on any atom is 0.251 e. The lowest BCUT2D eigenvalue weighted by molar-refractivity contribution is 0.0922. The van der Waals surface area contributed by atoms with E-state index < -0.39 is 0 Å². The molecular weight excluding hydrogens is 288 g/mol. The van der Waals surface area contributed by atoms with Crippen molar-refractivity contribution in [3.05, 3.63) is 59.7 Å². The van der Waals surface area contributed by atoms with Crippen LogP contribution in [0, 0.1) is 0 Å². The first-order chi connectivity index (χ1) is 11.2. The molecule has 1 heterocycles. The van der Waals surface area contributed by atoms with Gasteiger partial charge < -0.3 is 15.3 Å². The summed E-state index contributed by atoms with van der Waals surface area (Å²) in [6.07, 6.45) is 2.25. The molecule has 4 heteroatoms. The summed E-state index contributed by atoms with van der Waals surface area (Å²) in [6, 6.07) is 15.9. The number of aryl methyl sites for hydroxylation is 1. The number of amides is 1. The summed E-state index contributed by atoms with van der Waals surface area (Å²) in [6.45, 7) is 2.70. The van der Waals surface area contributed by atoms with Gasteiger partial charge in [0, 0.05) is 29.5 Å². The van der Waals surface area contributed by atoms with E-state index in [1.165, 1.54) is 11.3 Å². The van der Waals surface area contributed by atoms with Gasteiger partial charge in [0.2, 0.25) is 0 Å². The summed E-state index contributed by atoms with van der Waals surface area (Å²) >= 11 is 0. The molecule has 0 aromatic heterocycles. The molecule has 2 N–H and O–H groups in total. The Morgan fingerprint density at radius 3 is 2.70 bits per heavy atom. The summed E-state index contributed by atoms with van der Waals surface area (Å²) in [5, 5.41) is 11.8. The van der Waals surface area contributed by atoms with Crippen LogP contribution < -0.4 is 10.2 Å². The number of hydrogen-bond donors (Lipinski definition) is 2. The molecule has 0 saturated heterocycles. The molecule has 2 aromatic carbocycles. The Morgan fingerprint density at radius 1 is 1.22 bits per heavy atom. The molecule has 1 aliphatic heterocycles. The van der Waals surface area contributed by atoms with Crippen molar-refractivity contribution < 1.29 is 9.90 Å². The van der Waals surface area contributed by atoms with E-state index in [1.807, 2.05) is 24.3 Å². The molecule has 0 radical (unpaired) electrons. The van der Waals surface area contributed by atoms with Crippen LogP contribution >= 0.6 is 0 Å². The van der Waals surface area contributed by atoms with Gasteiger partial charge in [0.15, 0.2) is 0 Å². The molecule has 4 nitrogen and oxygen atoms in total. The van der Waals surface area contributed by atoms with E-state index in [4.69, 9.17) is 5.11 Å². The minimum Gasteiger partial charge on any atom is -0.394 e. The molecule has 1 unspecified atom stereocenters. The smallest absolute Gasteiger partial charge is 0.251 e. The van der Waals surface area contributed by atoms with Crippen molar-refractivity contribution in [2.24, 2.45) is 0 Å². The largest absolute Gasteiger partial charge is 0.394 e. The van der Waals surface area contributed by atoms with Gasteiger partial charge in [0.05, 0.1) is 6.61 Å². The number of nitrogens with one attached hydrogen (secondary N) is 1. The first kappa shape index (κ1) is 15.6. The third kappa shape index (κ3) is 3.37. The highest BCUT2D eigenvalue weighted by Gasteiger charge is 2.18. The molecule has 0 fully saturated rings. The maximum absolute atomic E-state index is 12.1. The van der Waals surface area contributed by atoms with Crippen molar-refractivity contribution in [1.29, 1.82) is 0 Å². The number of rotatable bonds is 4. The van der Waals surface area contributed by atoms with E-state index in [0.717, 1.165) is 25.1 Å². The van der Waals surface area contributed by atoms with Gasteiger partial charge in [0.25, 0.3) is 5.91 Å². The highest BCUT2D eigenvalue weighted by molar-refractivity contribution is 5.94. The second-order valence-electron chi connectivity index (χ2n) is 5.99. The summed E-state index contributed by atoms with van der Waals surface area (Å²) < 4.78 is 0. The molecular formula is C19H22N2O2. The molecule has 0 saturated carbocycles. The SMILES string of the molecule is CC(CO)NC(=O)c1ccc(N2CCCc3ccccc32)cc1. The average molecular weight is 310 g/mol. The van der Waals surface area contributed by atoms with Crippen LogP contribution in [-0.2, 0) is 6.42 Å². The number of benzene rings is 2. The van der Waals surface area contributed by atoms with Crippen LogP contribution in [0.2, 0.25) is 0 Å². The van der Waals surface area contributed by atoms with Crippen LogP contribution in [0.5, 0.6) is 0 Å². The Labute approximate surface area is 136 Å². The van der Waals surface area contributed by atoms with Crippen LogP contribution in [0.15, 0.2) is 48.5 Å². The Morgan fingerprint density at radius 2 is 1.96 bits per heavy atom. The second-order valence-corrected chi connectivity index (χ2v) is 5.99. The quantitative estimate of drug-likeness (QED) is 0.913. The summed E-state index contributed by atoms with van der Waals surface area (Å²) in [5.41, 5.74) is 4.34. The van der Waals surface area contributed by atoms with Gasteiger partial charge >= 0.3 is 0 Å². The zero-order chi connectivity index (χ0) is 16.2. The lowest BCUT2D eigenvalue weighted by Crippen LogP contribution is -2.35. The van der Waals surface area contributed by atoms with Crippen LogP contribution in [0.25, 0.3) is 0 Å². The number of carbonyl (C=O) groups excluding carboxylic acids is 1. The van der Waals surface area contributed by atoms with Crippen molar-refractivity contribution in [2.75, 3.05) is 18.1 Å². The highest BCUT2D eigenvalue weighted by Crippen LogP contribution is 2.33. The van der Waals surface area contributed by atoms with Crippen LogP contribution in [0.4, 0.5) is 11.4 Å². The van der Waals surface area contributed by atoms with Gasteiger partial charge in [-0.05, 0) is 55.7 Å². The highest BCUT2D eigenvalue weighted by atomic mass is 16.3. The number of fused-ring (bicyclic) bond motifs is 1. The van der Waals surface area contributed by atoms with Gasteiger partial charge in [-0.1, -0.05) is 18.2 Å². The average Bonchev–Trinajstić information content (AvgIpc) is 2.61. The lowest BCUT2D eigenvalue weighted by Gasteiger charge is -2.31. The summed E-state index contributed by atoms with van der Waals surface area (Å²) in [4.78, 5) is 14.4. The fourth-order valence-corrected chi connectivity index (χ4v) is 2.95. The lowest BCUT2D eigenvalue weighted by atomic mass is 10.0. The summed E-state index contributed by atoms with van der Waals surface area (Å²) in [5.74, 6) is -0.155. The zero-order valence-corrected chi connectivity index (χ0v) is 13.3. The van der Waals surface area contributed by atoms with Gasteiger partial charge in [-0.15, -0.1) is 0 Å². The molecule has 1 aliphatic rings. The topological polar surface area (TPSA) is 52.6 Å². The number of hydrogen-bond acceptors (Lipinski definition) is 3. The van der Waals surface area contributed by atoms with E-state index in [2.05, 4.69) is 34.5 Å². The third-order valence-corrected chi connectivity index (χ3v) is 4.20. The first-order valence-corrected chi connectivity index (χ1v) is 8.06. The van der Waals surface area contributed by atoms with Crippen molar-refractivity contribution in [1.82, 2.24) is 5.32 Å². The van der Waals surface area contributed by atoms with Crippen molar-refractivity contribution in [3.8, 4) is 0 Å². The second kappa shape index (κ2) is 6.84. The van der Waals surface area contributed by atoms with E-state index in [-0.39, 0.29) is 18.6 Å². The van der Waals surface area contributed by atoms with Crippen LogP contribution in [0.3, 0.4) is 0 Å². The van der Waals surface area contributed by atoms with Gasteiger partial charge in [-0.2, -0.15) is 0 Å². The minimum atomic E-state index is -0.240. The molecule has 0 bridgehead atoms. The van der Waals surface area contributed by atoms with E-state index in [1.54, 1.807) is 6.92 Å². The van der Waals surface area contributed by atoms with Gasteiger partial charge in [0.1, 0.15) is 0 Å². The summed E-state index contributed by atoms with van der Waals surface area (Å²) in [7, 11) is 0. The van der Waals surface area contributed by atoms with Crippen LogP contribution in [-0.4, -0.2) is 30.2 Å². The zero-order valence-electron chi connectivity index (χ0n) is 13.3. The van der Waals surface area contributed by atoms with E-state index in [0.29, 0.717) is 5.56 Å². The van der Waals surface area contributed by atoms with Crippen molar-refractivity contribution in [3.63, 3.8) is 0 Å². The molecule has 1 amide bonds. The Hall–Kier alpha value is -2.33. The van der Waals surface area contributed by atoms with Crippen molar-refractivity contribution >= 4 is 17.3 Å². The molecule has 120 valence electrons.